The van der Waals surface area contributed by atoms with E-state index in [4.69, 9.17) is 11.6 Å². The summed E-state index contributed by atoms with van der Waals surface area (Å²) in [4.78, 5) is 4.52. The molecule has 1 nitrogen and oxygen atoms in total. The second kappa shape index (κ2) is 4.25. The van der Waals surface area contributed by atoms with Crippen molar-refractivity contribution in [3.63, 3.8) is 0 Å². The zero-order valence-corrected chi connectivity index (χ0v) is 12.8. The summed E-state index contributed by atoms with van der Waals surface area (Å²) >= 11 is 9.80. The van der Waals surface area contributed by atoms with E-state index in [0.717, 1.165) is 20.9 Å². The van der Waals surface area contributed by atoms with Crippen molar-refractivity contribution < 1.29 is 0 Å². The first-order valence-electron chi connectivity index (χ1n) is 5.56. The molecule has 2 rings (SSSR count). The van der Waals surface area contributed by atoms with E-state index < -0.39 is 0 Å². The van der Waals surface area contributed by atoms with Gasteiger partial charge in [0.2, 0.25) is 0 Å². The number of halogens is 2. The standard InChI is InChI=1S/C14H15BrClN/c1-8-5-6-11(15)12-9(8)7-10(13(16)17-12)14(2,3)4/h5-7H,1-4H3. The minimum absolute atomic E-state index is 0.00698. The number of hydrogen-bond donors (Lipinski definition) is 0. The topological polar surface area (TPSA) is 12.9 Å². The fraction of sp³-hybridized carbons (Fsp3) is 0.357. The van der Waals surface area contributed by atoms with Gasteiger partial charge in [0.25, 0.3) is 0 Å². The van der Waals surface area contributed by atoms with E-state index in [2.05, 4.69) is 60.7 Å². The molecule has 0 N–H and O–H groups in total. The molecule has 0 bridgehead atoms. The van der Waals surface area contributed by atoms with Crippen LogP contribution in [0.4, 0.5) is 0 Å². The van der Waals surface area contributed by atoms with Crippen molar-refractivity contribution >= 4 is 38.4 Å². The predicted molar refractivity (Wildman–Crippen MR) is 77.9 cm³/mol. The molecule has 1 aromatic carbocycles. The molecule has 0 unspecified atom stereocenters. The van der Waals surface area contributed by atoms with Crippen LogP contribution in [0.2, 0.25) is 5.15 Å². The molecule has 0 radical (unpaired) electrons. The summed E-state index contributed by atoms with van der Waals surface area (Å²) in [6.07, 6.45) is 0. The molecule has 0 spiro atoms. The van der Waals surface area contributed by atoms with Crippen molar-refractivity contribution in [2.45, 2.75) is 33.1 Å². The summed E-state index contributed by atoms with van der Waals surface area (Å²) in [5.41, 5.74) is 3.25. The largest absolute Gasteiger partial charge is 0.235 e. The van der Waals surface area contributed by atoms with Gasteiger partial charge in [-0.05, 0) is 51.5 Å². The highest BCUT2D eigenvalue weighted by atomic mass is 79.9. The number of rotatable bonds is 0. The molecule has 0 aliphatic rings. The fourth-order valence-electron chi connectivity index (χ4n) is 1.87. The van der Waals surface area contributed by atoms with E-state index in [9.17, 15) is 0 Å². The van der Waals surface area contributed by atoms with Crippen LogP contribution in [0, 0.1) is 6.92 Å². The second-order valence-corrected chi connectivity index (χ2v) is 6.55. The average molecular weight is 313 g/mol. The molecule has 0 atom stereocenters. The third-order valence-electron chi connectivity index (χ3n) is 2.91. The number of benzene rings is 1. The van der Waals surface area contributed by atoms with E-state index in [1.807, 2.05) is 6.07 Å². The third kappa shape index (κ3) is 2.34. The molecule has 3 heteroatoms. The van der Waals surface area contributed by atoms with Crippen LogP contribution in [-0.4, -0.2) is 4.98 Å². The Labute approximate surface area is 115 Å². The SMILES string of the molecule is Cc1ccc(Br)c2nc(Cl)c(C(C)(C)C)cc12. The van der Waals surface area contributed by atoms with Crippen LogP contribution in [0.15, 0.2) is 22.7 Å². The van der Waals surface area contributed by atoms with Crippen LogP contribution in [-0.2, 0) is 5.41 Å². The first kappa shape index (κ1) is 12.8. The molecule has 1 heterocycles. The van der Waals surface area contributed by atoms with E-state index in [0.29, 0.717) is 5.15 Å². The molecular formula is C14H15BrClN. The maximum atomic E-state index is 6.28. The maximum Gasteiger partial charge on any atom is 0.133 e. The van der Waals surface area contributed by atoms with Gasteiger partial charge in [0.15, 0.2) is 0 Å². The number of aromatic nitrogens is 1. The number of nitrogens with zero attached hydrogens (tertiary/aromatic N) is 1. The van der Waals surface area contributed by atoms with Gasteiger partial charge in [-0.3, -0.25) is 0 Å². The Kier molecular flexibility index (Phi) is 3.21. The minimum atomic E-state index is 0.00698. The van der Waals surface area contributed by atoms with Gasteiger partial charge in [0.1, 0.15) is 5.15 Å². The van der Waals surface area contributed by atoms with Crippen LogP contribution in [0.1, 0.15) is 31.9 Å². The fourth-order valence-corrected chi connectivity index (χ4v) is 2.72. The van der Waals surface area contributed by atoms with E-state index in [1.165, 1.54) is 5.56 Å². The summed E-state index contributed by atoms with van der Waals surface area (Å²) in [6.45, 7) is 8.54. The molecule has 0 aliphatic carbocycles. The van der Waals surface area contributed by atoms with Crippen LogP contribution in [0.3, 0.4) is 0 Å². The lowest BCUT2D eigenvalue weighted by Crippen LogP contribution is -2.12. The average Bonchev–Trinajstić information content (AvgIpc) is 2.21. The summed E-state index contributed by atoms with van der Waals surface area (Å²) in [7, 11) is 0. The first-order chi connectivity index (χ1) is 7.80. The Morgan fingerprint density at radius 2 is 1.88 bits per heavy atom. The number of hydrogen-bond acceptors (Lipinski definition) is 1. The summed E-state index contributed by atoms with van der Waals surface area (Å²) in [5.74, 6) is 0. The Morgan fingerprint density at radius 1 is 1.24 bits per heavy atom. The van der Waals surface area contributed by atoms with Crippen molar-refractivity contribution in [1.29, 1.82) is 0 Å². The smallest absolute Gasteiger partial charge is 0.133 e. The first-order valence-corrected chi connectivity index (χ1v) is 6.73. The van der Waals surface area contributed by atoms with Crippen molar-refractivity contribution in [3.05, 3.63) is 39.0 Å². The van der Waals surface area contributed by atoms with E-state index in [1.54, 1.807) is 0 Å². The van der Waals surface area contributed by atoms with E-state index in [-0.39, 0.29) is 5.41 Å². The van der Waals surface area contributed by atoms with Gasteiger partial charge in [-0.1, -0.05) is 38.4 Å². The normalized spacial score (nSPS) is 12.1. The highest BCUT2D eigenvalue weighted by molar-refractivity contribution is 9.10. The van der Waals surface area contributed by atoms with Crippen molar-refractivity contribution in [1.82, 2.24) is 4.98 Å². The molecule has 2 aromatic rings. The summed E-state index contributed by atoms with van der Waals surface area (Å²) in [5, 5.41) is 1.75. The molecule has 1 aromatic heterocycles. The second-order valence-electron chi connectivity index (χ2n) is 5.34. The molecule has 17 heavy (non-hydrogen) atoms. The van der Waals surface area contributed by atoms with Gasteiger partial charge >= 0.3 is 0 Å². The van der Waals surface area contributed by atoms with Gasteiger partial charge in [-0.25, -0.2) is 4.98 Å². The lowest BCUT2D eigenvalue weighted by atomic mass is 9.87. The molecule has 0 fully saturated rings. The molecule has 0 aliphatic heterocycles. The maximum absolute atomic E-state index is 6.28. The van der Waals surface area contributed by atoms with Crippen molar-refractivity contribution in [2.24, 2.45) is 0 Å². The van der Waals surface area contributed by atoms with Crippen LogP contribution in [0.5, 0.6) is 0 Å². The van der Waals surface area contributed by atoms with E-state index >= 15 is 0 Å². The monoisotopic (exact) mass is 311 g/mol. The molecule has 90 valence electrons. The van der Waals surface area contributed by atoms with Gasteiger partial charge in [0, 0.05) is 9.86 Å². The summed E-state index contributed by atoms with van der Waals surface area (Å²) in [6, 6.07) is 6.26. The predicted octanol–water partition coefficient (Wildman–Crippen LogP) is 5.26. The Balaban J connectivity index is 2.85. The lowest BCUT2D eigenvalue weighted by Gasteiger charge is -2.21. The van der Waals surface area contributed by atoms with Crippen molar-refractivity contribution in [3.8, 4) is 0 Å². The van der Waals surface area contributed by atoms with Gasteiger partial charge in [-0.2, -0.15) is 0 Å². The van der Waals surface area contributed by atoms with Gasteiger partial charge < -0.3 is 0 Å². The Hall–Kier alpha value is -0.600. The minimum Gasteiger partial charge on any atom is -0.235 e. The molecule has 0 saturated carbocycles. The Bertz CT molecular complexity index is 585. The highest BCUT2D eigenvalue weighted by Crippen LogP contribution is 2.34. The number of pyridine rings is 1. The van der Waals surface area contributed by atoms with Crippen LogP contribution >= 0.6 is 27.5 Å². The van der Waals surface area contributed by atoms with Crippen molar-refractivity contribution in [2.75, 3.05) is 0 Å². The highest BCUT2D eigenvalue weighted by Gasteiger charge is 2.20. The lowest BCUT2D eigenvalue weighted by molar-refractivity contribution is 0.589. The third-order valence-corrected chi connectivity index (χ3v) is 3.84. The van der Waals surface area contributed by atoms with Crippen LogP contribution < -0.4 is 0 Å². The zero-order valence-electron chi connectivity index (χ0n) is 10.4. The van der Waals surface area contributed by atoms with Gasteiger partial charge in [-0.15, -0.1) is 0 Å². The summed E-state index contributed by atoms with van der Waals surface area (Å²) < 4.78 is 0.987. The molecular weight excluding hydrogens is 298 g/mol. The van der Waals surface area contributed by atoms with Gasteiger partial charge in [0.05, 0.1) is 5.52 Å². The number of fused-ring (bicyclic) bond motifs is 1. The Morgan fingerprint density at radius 3 is 2.47 bits per heavy atom. The quantitative estimate of drug-likeness (QED) is 0.605. The zero-order chi connectivity index (χ0) is 12.8. The number of aryl methyl sites for hydroxylation is 1. The molecule has 0 amide bonds. The molecule has 0 saturated heterocycles. The van der Waals surface area contributed by atoms with Crippen LogP contribution in [0.25, 0.3) is 10.9 Å².